The van der Waals surface area contributed by atoms with E-state index in [9.17, 15) is 22.7 Å². The first-order valence-corrected chi connectivity index (χ1v) is 10.5. The Labute approximate surface area is 188 Å². The maximum absolute atomic E-state index is 15.3. The van der Waals surface area contributed by atoms with Gasteiger partial charge in [-0.05, 0) is 67.1 Å². The number of aliphatic hydroxyl groups excluding tert-OH is 1. The van der Waals surface area contributed by atoms with Gasteiger partial charge in [-0.3, -0.25) is 0 Å². The van der Waals surface area contributed by atoms with Crippen molar-refractivity contribution in [3.63, 3.8) is 0 Å². The number of allylic oxidation sites excluding steroid dienone is 1. The topological polar surface area (TPSA) is 29.5 Å². The molecule has 0 spiro atoms. The average molecular weight is 460 g/mol. The van der Waals surface area contributed by atoms with Crippen molar-refractivity contribution in [3.8, 4) is 11.5 Å². The third-order valence-electron chi connectivity index (χ3n) is 5.54. The van der Waals surface area contributed by atoms with E-state index in [0.717, 1.165) is 12.1 Å². The molecule has 2 nitrogen and oxygen atoms in total. The van der Waals surface area contributed by atoms with Gasteiger partial charge < -0.3 is 9.84 Å². The Hall–Kier alpha value is -3.19. The number of halogens is 5. The highest BCUT2D eigenvalue weighted by molar-refractivity contribution is 5.73. The van der Waals surface area contributed by atoms with Crippen LogP contribution in [0.3, 0.4) is 0 Å². The van der Waals surface area contributed by atoms with E-state index in [1.165, 1.54) is 19.1 Å². The van der Waals surface area contributed by atoms with Crippen molar-refractivity contribution in [1.82, 2.24) is 0 Å². The van der Waals surface area contributed by atoms with E-state index in [1.807, 2.05) is 0 Å². The molecule has 0 aliphatic heterocycles. The van der Waals surface area contributed by atoms with Crippen LogP contribution in [0.4, 0.5) is 22.0 Å². The molecule has 1 aliphatic rings. The van der Waals surface area contributed by atoms with Crippen LogP contribution >= 0.6 is 0 Å². The minimum absolute atomic E-state index is 0.115. The summed E-state index contributed by atoms with van der Waals surface area (Å²) in [5, 5.41) is 10.5. The van der Waals surface area contributed by atoms with Gasteiger partial charge in [-0.1, -0.05) is 24.3 Å². The molecule has 33 heavy (non-hydrogen) atoms. The van der Waals surface area contributed by atoms with Crippen LogP contribution < -0.4 is 4.74 Å². The van der Waals surface area contributed by atoms with Crippen molar-refractivity contribution in [2.45, 2.75) is 32.3 Å². The lowest BCUT2D eigenvalue weighted by Crippen LogP contribution is -2.15. The lowest BCUT2D eigenvalue weighted by Gasteiger charge is -2.17. The van der Waals surface area contributed by atoms with E-state index in [4.69, 9.17) is 4.74 Å². The third-order valence-corrected chi connectivity index (χ3v) is 5.54. The number of benzene rings is 3. The Kier molecular flexibility index (Phi) is 6.51. The largest absolute Gasteiger partial charge is 0.454 e. The third kappa shape index (κ3) is 4.93. The molecule has 1 unspecified atom stereocenters. The standard InChI is InChI=1S/C26H21F5O2/c1-14-11-19(28)23(26(31)24(14)29)22(16-8-9-16)25(30)20(32)12-15-7-10-18(27)21(13-15)33-17-5-3-2-4-6-17/h2-7,10-11,13,16,20,32H,8-9,12H2,1H3. The van der Waals surface area contributed by atoms with Crippen LogP contribution in [0.1, 0.15) is 29.5 Å². The molecule has 4 rings (SSSR count). The van der Waals surface area contributed by atoms with Crippen molar-refractivity contribution in [1.29, 1.82) is 0 Å². The molecule has 0 bridgehead atoms. The summed E-state index contributed by atoms with van der Waals surface area (Å²) in [6, 6.07) is 13.1. The minimum Gasteiger partial charge on any atom is -0.454 e. The zero-order chi connectivity index (χ0) is 23.7. The summed E-state index contributed by atoms with van der Waals surface area (Å²) in [6.07, 6.45) is -1.13. The predicted molar refractivity (Wildman–Crippen MR) is 114 cm³/mol. The number of aryl methyl sites for hydroxylation is 1. The van der Waals surface area contributed by atoms with Gasteiger partial charge in [0.05, 0.1) is 5.56 Å². The van der Waals surface area contributed by atoms with Gasteiger partial charge in [0.25, 0.3) is 0 Å². The first kappa shape index (κ1) is 23.0. The zero-order valence-electron chi connectivity index (χ0n) is 17.7. The molecule has 0 radical (unpaired) electrons. The van der Waals surface area contributed by atoms with Gasteiger partial charge in [0.15, 0.2) is 23.2 Å². The summed E-state index contributed by atoms with van der Waals surface area (Å²) in [6.45, 7) is 1.21. The highest BCUT2D eigenvalue weighted by atomic mass is 19.2. The average Bonchev–Trinajstić information content (AvgIpc) is 3.63. The molecule has 0 aromatic heterocycles. The van der Waals surface area contributed by atoms with E-state index < -0.39 is 46.7 Å². The molecular formula is C26H21F5O2. The van der Waals surface area contributed by atoms with Crippen molar-refractivity contribution >= 4 is 5.57 Å². The zero-order valence-corrected chi connectivity index (χ0v) is 17.7. The second kappa shape index (κ2) is 9.35. The first-order valence-electron chi connectivity index (χ1n) is 10.5. The molecule has 1 N–H and O–H groups in total. The second-order valence-electron chi connectivity index (χ2n) is 8.11. The highest BCUT2D eigenvalue weighted by Gasteiger charge is 2.36. The number of hydrogen-bond acceptors (Lipinski definition) is 2. The van der Waals surface area contributed by atoms with Gasteiger partial charge in [0.2, 0.25) is 0 Å². The monoisotopic (exact) mass is 460 g/mol. The maximum Gasteiger partial charge on any atom is 0.169 e. The molecule has 1 fully saturated rings. The van der Waals surface area contributed by atoms with Crippen molar-refractivity contribution in [2.75, 3.05) is 0 Å². The lowest BCUT2D eigenvalue weighted by atomic mass is 9.94. The highest BCUT2D eigenvalue weighted by Crippen LogP contribution is 2.46. The van der Waals surface area contributed by atoms with Crippen molar-refractivity contribution in [2.24, 2.45) is 5.92 Å². The maximum atomic E-state index is 15.3. The fourth-order valence-corrected chi connectivity index (χ4v) is 3.71. The summed E-state index contributed by atoms with van der Waals surface area (Å²) in [7, 11) is 0. The summed E-state index contributed by atoms with van der Waals surface area (Å²) >= 11 is 0. The van der Waals surface area contributed by atoms with Crippen molar-refractivity contribution < 1.29 is 31.8 Å². The molecule has 0 saturated heterocycles. The molecular weight excluding hydrogens is 439 g/mol. The van der Waals surface area contributed by atoms with Crippen LogP contribution in [0.25, 0.3) is 5.57 Å². The van der Waals surface area contributed by atoms with Crippen LogP contribution in [0.15, 0.2) is 60.4 Å². The van der Waals surface area contributed by atoms with Gasteiger partial charge in [-0.15, -0.1) is 0 Å². The van der Waals surface area contributed by atoms with E-state index in [2.05, 4.69) is 0 Å². The van der Waals surface area contributed by atoms with Crippen LogP contribution in [-0.2, 0) is 6.42 Å². The minimum atomic E-state index is -1.76. The van der Waals surface area contributed by atoms with E-state index in [1.54, 1.807) is 30.3 Å². The van der Waals surface area contributed by atoms with Gasteiger partial charge in [0.1, 0.15) is 23.5 Å². The Morgan fingerprint density at radius 3 is 2.33 bits per heavy atom. The number of para-hydroxylation sites is 1. The van der Waals surface area contributed by atoms with Crippen LogP contribution in [-0.4, -0.2) is 11.2 Å². The van der Waals surface area contributed by atoms with Gasteiger partial charge in [-0.2, -0.15) is 0 Å². The van der Waals surface area contributed by atoms with Crippen LogP contribution in [0.2, 0.25) is 0 Å². The summed E-state index contributed by atoms with van der Waals surface area (Å²) in [4.78, 5) is 0. The molecule has 0 heterocycles. The molecule has 172 valence electrons. The fraction of sp³-hybridized carbons (Fsp3) is 0.231. The molecule has 0 amide bonds. The number of hydrogen-bond donors (Lipinski definition) is 1. The molecule has 1 atom stereocenters. The van der Waals surface area contributed by atoms with E-state index in [0.29, 0.717) is 24.2 Å². The first-order chi connectivity index (χ1) is 15.8. The molecule has 1 aliphatic carbocycles. The number of aliphatic hydroxyl groups is 1. The molecule has 3 aromatic rings. The normalized spacial score (nSPS) is 15.2. The molecule has 1 saturated carbocycles. The Morgan fingerprint density at radius 2 is 1.67 bits per heavy atom. The Morgan fingerprint density at radius 1 is 0.970 bits per heavy atom. The SMILES string of the molecule is Cc1cc(F)c(C(=C(F)C(O)Cc2ccc(F)c(Oc3ccccc3)c2)C2CC2)c(F)c1F. The van der Waals surface area contributed by atoms with E-state index in [-0.39, 0.29) is 23.3 Å². The smallest absolute Gasteiger partial charge is 0.169 e. The molecule has 7 heteroatoms. The van der Waals surface area contributed by atoms with E-state index >= 15 is 4.39 Å². The summed E-state index contributed by atoms with van der Waals surface area (Å²) in [5.41, 5.74) is -1.04. The van der Waals surface area contributed by atoms with Gasteiger partial charge in [-0.25, -0.2) is 22.0 Å². The number of rotatable bonds is 7. The predicted octanol–water partition coefficient (Wildman–Crippen LogP) is 7.04. The fourth-order valence-electron chi connectivity index (χ4n) is 3.71. The Bertz CT molecular complexity index is 1200. The summed E-state index contributed by atoms with van der Waals surface area (Å²) < 4.78 is 78.2. The lowest BCUT2D eigenvalue weighted by molar-refractivity contribution is 0.183. The van der Waals surface area contributed by atoms with Crippen molar-refractivity contribution in [3.05, 3.63) is 100 Å². The Balaban J connectivity index is 1.64. The number of ether oxygens (including phenoxy) is 1. The van der Waals surface area contributed by atoms with Crippen LogP contribution in [0.5, 0.6) is 11.5 Å². The quantitative estimate of drug-likeness (QED) is 0.303. The molecule has 3 aromatic carbocycles. The van der Waals surface area contributed by atoms with Gasteiger partial charge in [0, 0.05) is 12.0 Å². The summed E-state index contributed by atoms with van der Waals surface area (Å²) in [5.74, 6) is -5.84. The second-order valence-corrected chi connectivity index (χ2v) is 8.11. The van der Waals surface area contributed by atoms with Crippen LogP contribution in [0, 0.1) is 36.1 Å². The van der Waals surface area contributed by atoms with Gasteiger partial charge >= 0.3 is 0 Å².